The Morgan fingerprint density at radius 3 is 2.39 bits per heavy atom. The molecule has 3 N–H and O–H groups in total. The smallest absolute Gasteiger partial charge is 0.323 e. The normalized spacial score (nSPS) is 13.5. The van der Waals surface area contributed by atoms with Crippen molar-refractivity contribution in [1.82, 2.24) is 9.97 Å². The van der Waals surface area contributed by atoms with E-state index in [2.05, 4.69) is 30.8 Å². The van der Waals surface area contributed by atoms with E-state index < -0.39 is 0 Å². The summed E-state index contributed by atoms with van der Waals surface area (Å²) in [6.07, 6.45) is 3.68. The van der Waals surface area contributed by atoms with Crippen LogP contribution in [-0.2, 0) is 0 Å². The second kappa shape index (κ2) is 9.66. The summed E-state index contributed by atoms with van der Waals surface area (Å²) in [7, 11) is 0. The number of aromatic nitrogens is 2. The summed E-state index contributed by atoms with van der Waals surface area (Å²) < 4.78 is 0. The molecule has 1 aliphatic heterocycles. The van der Waals surface area contributed by atoms with Crippen molar-refractivity contribution in [2.45, 2.75) is 26.2 Å². The molecule has 0 atom stereocenters. The molecule has 1 aliphatic rings. The van der Waals surface area contributed by atoms with Crippen LogP contribution in [0.3, 0.4) is 0 Å². The van der Waals surface area contributed by atoms with Crippen molar-refractivity contribution < 1.29 is 4.79 Å². The van der Waals surface area contributed by atoms with Crippen LogP contribution in [0, 0.1) is 6.92 Å². The van der Waals surface area contributed by atoms with Gasteiger partial charge in [0.15, 0.2) is 0 Å². The van der Waals surface area contributed by atoms with Gasteiger partial charge in [-0.2, -0.15) is 4.98 Å². The van der Waals surface area contributed by atoms with E-state index >= 15 is 0 Å². The highest BCUT2D eigenvalue weighted by molar-refractivity contribution is 6.33. The van der Waals surface area contributed by atoms with Crippen molar-refractivity contribution in [3.8, 4) is 0 Å². The standard InChI is InChI=1S/C23H25ClN6O/c1-16-15-21(30-13-5-2-6-14-30)29-22(25-16)26-17-9-11-18(12-10-17)27-23(31)28-20-8-4-3-7-19(20)24/h3-4,7-12,15H,2,5-6,13-14H2,1H3,(H,25,26,29)(H2,27,28,31). The first-order chi connectivity index (χ1) is 15.1. The van der Waals surface area contributed by atoms with Gasteiger partial charge >= 0.3 is 6.03 Å². The lowest BCUT2D eigenvalue weighted by Crippen LogP contribution is -2.30. The van der Waals surface area contributed by atoms with Crippen molar-refractivity contribution >= 4 is 46.5 Å². The Morgan fingerprint density at radius 2 is 1.65 bits per heavy atom. The zero-order valence-electron chi connectivity index (χ0n) is 17.4. The highest BCUT2D eigenvalue weighted by Crippen LogP contribution is 2.23. The molecule has 2 heterocycles. The molecule has 2 aromatic carbocycles. The molecule has 31 heavy (non-hydrogen) atoms. The molecule has 0 unspecified atom stereocenters. The van der Waals surface area contributed by atoms with Crippen LogP contribution in [0.25, 0.3) is 0 Å². The molecule has 4 rings (SSSR count). The Hall–Kier alpha value is -3.32. The SMILES string of the molecule is Cc1cc(N2CCCCC2)nc(Nc2ccc(NC(=O)Nc3ccccc3Cl)cc2)n1. The maximum atomic E-state index is 12.2. The van der Waals surface area contributed by atoms with Crippen molar-refractivity contribution in [3.63, 3.8) is 0 Å². The number of para-hydroxylation sites is 1. The Kier molecular flexibility index (Phi) is 6.52. The molecular weight excluding hydrogens is 412 g/mol. The molecule has 0 spiro atoms. The average molecular weight is 437 g/mol. The number of halogens is 1. The minimum Gasteiger partial charge on any atom is -0.356 e. The lowest BCUT2D eigenvalue weighted by atomic mass is 10.1. The number of aryl methyl sites for hydroxylation is 1. The van der Waals surface area contributed by atoms with Crippen LogP contribution in [0.4, 0.5) is 33.6 Å². The van der Waals surface area contributed by atoms with Gasteiger partial charge in [0.2, 0.25) is 5.95 Å². The van der Waals surface area contributed by atoms with Crippen LogP contribution >= 0.6 is 11.6 Å². The van der Waals surface area contributed by atoms with Crippen LogP contribution in [-0.4, -0.2) is 29.1 Å². The number of hydrogen-bond donors (Lipinski definition) is 3. The fraction of sp³-hybridized carbons (Fsp3) is 0.261. The molecule has 8 heteroatoms. The first-order valence-corrected chi connectivity index (χ1v) is 10.7. The first kappa shape index (κ1) is 20.9. The second-order valence-corrected chi connectivity index (χ2v) is 7.91. The number of carbonyl (C=O) groups is 1. The van der Waals surface area contributed by atoms with Gasteiger partial charge in [-0.05, 0) is 62.6 Å². The molecule has 0 radical (unpaired) electrons. The van der Waals surface area contributed by atoms with Crippen molar-refractivity contribution in [1.29, 1.82) is 0 Å². The number of carbonyl (C=O) groups excluding carboxylic acids is 1. The van der Waals surface area contributed by atoms with E-state index in [0.717, 1.165) is 30.3 Å². The predicted octanol–water partition coefficient (Wildman–Crippen LogP) is 5.82. The quantitative estimate of drug-likeness (QED) is 0.469. The Bertz CT molecular complexity index is 1050. The molecule has 7 nitrogen and oxygen atoms in total. The number of piperidine rings is 1. The molecular formula is C23H25ClN6O. The van der Waals surface area contributed by atoms with Gasteiger partial charge in [-0.25, -0.2) is 9.78 Å². The van der Waals surface area contributed by atoms with E-state index in [4.69, 9.17) is 11.6 Å². The maximum absolute atomic E-state index is 12.2. The maximum Gasteiger partial charge on any atom is 0.323 e. The van der Waals surface area contributed by atoms with Gasteiger partial charge in [-0.3, -0.25) is 0 Å². The molecule has 0 bridgehead atoms. The highest BCUT2D eigenvalue weighted by atomic mass is 35.5. The number of amides is 2. The Labute approximate surface area is 186 Å². The topological polar surface area (TPSA) is 82.2 Å². The van der Waals surface area contributed by atoms with Crippen molar-refractivity contribution in [2.75, 3.05) is 33.9 Å². The number of hydrogen-bond acceptors (Lipinski definition) is 5. The van der Waals surface area contributed by atoms with E-state index in [-0.39, 0.29) is 6.03 Å². The fourth-order valence-corrected chi connectivity index (χ4v) is 3.69. The van der Waals surface area contributed by atoms with Crippen LogP contribution in [0.15, 0.2) is 54.6 Å². The summed E-state index contributed by atoms with van der Waals surface area (Å²) >= 11 is 6.08. The Morgan fingerprint density at radius 1 is 0.935 bits per heavy atom. The zero-order chi connectivity index (χ0) is 21.6. The summed E-state index contributed by atoms with van der Waals surface area (Å²) in [6.45, 7) is 4.05. The van der Waals surface area contributed by atoms with Gasteiger partial charge < -0.3 is 20.9 Å². The third-order valence-electron chi connectivity index (χ3n) is 5.04. The second-order valence-electron chi connectivity index (χ2n) is 7.50. The number of rotatable bonds is 5. The molecule has 0 saturated carbocycles. The van der Waals surface area contributed by atoms with Crippen LogP contribution in [0.1, 0.15) is 25.0 Å². The number of urea groups is 1. The molecule has 1 fully saturated rings. The summed E-state index contributed by atoms with van der Waals surface area (Å²) in [5.41, 5.74) is 2.98. The predicted molar refractivity (Wildman–Crippen MR) is 127 cm³/mol. The molecule has 1 aromatic heterocycles. The Balaban J connectivity index is 1.39. The van der Waals surface area contributed by atoms with Crippen molar-refractivity contribution in [3.05, 3.63) is 65.3 Å². The van der Waals surface area contributed by atoms with E-state index in [1.807, 2.05) is 49.4 Å². The largest absolute Gasteiger partial charge is 0.356 e. The zero-order valence-corrected chi connectivity index (χ0v) is 18.1. The van der Waals surface area contributed by atoms with Crippen LogP contribution in [0.5, 0.6) is 0 Å². The summed E-state index contributed by atoms with van der Waals surface area (Å²) in [5.74, 6) is 1.53. The summed E-state index contributed by atoms with van der Waals surface area (Å²) in [4.78, 5) is 23.7. The number of nitrogens with one attached hydrogen (secondary N) is 3. The molecule has 1 saturated heterocycles. The van der Waals surface area contributed by atoms with Gasteiger partial charge in [0.1, 0.15) is 5.82 Å². The van der Waals surface area contributed by atoms with Crippen molar-refractivity contribution in [2.24, 2.45) is 0 Å². The lowest BCUT2D eigenvalue weighted by Gasteiger charge is -2.28. The third-order valence-corrected chi connectivity index (χ3v) is 5.37. The number of anilines is 5. The van der Waals surface area contributed by atoms with Crippen LogP contribution in [0.2, 0.25) is 5.02 Å². The van der Waals surface area contributed by atoms with Crippen LogP contribution < -0.4 is 20.9 Å². The number of nitrogens with zero attached hydrogens (tertiary/aromatic N) is 3. The summed E-state index contributed by atoms with van der Waals surface area (Å²) in [5, 5.41) is 9.27. The third kappa shape index (κ3) is 5.64. The fourth-order valence-electron chi connectivity index (χ4n) is 3.51. The first-order valence-electron chi connectivity index (χ1n) is 10.4. The van der Waals surface area contributed by atoms with E-state index in [1.54, 1.807) is 12.1 Å². The highest BCUT2D eigenvalue weighted by Gasteiger charge is 2.14. The lowest BCUT2D eigenvalue weighted by molar-refractivity contribution is 0.262. The minimum absolute atomic E-state index is 0.359. The van der Waals surface area contributed by atoms with Gasteiger partial charge in [0.25, 0.3) is 0 Å². The minimum atomic E-state index is -0.359. The van der Waals surface area contributed by atoms with Gasteiger partial charge in [-0.15, -0.1) is 0 Å². The summed E-state index contributed by atoms with van der Waals surface area (Å²) in [6, 6.07) is 16.1. The molecule has 0 aliphatic carbocycles. The average Bonchev–Trinajstić information content (AvgIpc) is 2.77. The molecule has 160 valence electrons. The van der Waals surface area contributed by atoms with E-state index in [0.29, 0.717) is 22.3 Å². The van der Waals surface area contributed by atoms with E-state index in [1.165, 1.54) is 19.3 Å². The molecule has 2 amide bonds. The molecule has 3 aromatic rings. The van der Waals surface area contributed by atoms with Gasteiger partial charge in [0.05, 0.1) is 10.7 Å². The monoisotopic (exact) mass is 436 g/mol. The van der Waals surface area contributed by atoms with Gasteiger partial charge in [-0.1, -0.05) is 23.7 Å². The van der Waals surface area contributed by atoms with E-state index in [9.17, 15) is 4.79 Å². The van der Waals surface area contributed by atoms with Gasteiger partial charge in [0, 0.05) is 36.2 Å². The number of benzene rings is 2.